The van der Waals surface area contributed by atoms with Crippen LogP contribution in [-0.4, -0.2) is 21.9 Å². The fourth-order valence-electron chi connectivity index (χ4n) is 1.59. The Morgan fingerprint density at radius 3 is 2.26 bits per heavy atom. The lowest BCUT2D eigenvalue weighted by Gasteiger charge is -2.28. The summed E-state index contributed by atoms with van der Waals surface area (Å²) in [6.07, 6.45) is -0.760. The lowest BCUT2D eigenvalue weighted by Crippen LogP contribution is -2.55. The largest absolute Gasteiger partial charge is 0.333 e. The zero-order chi connectivity index (χ0) is 14.6. The minimum atomic E-state index is -1.62. The van der Waals surface area contributed by atoms with Gasteiger partial charge in [-0.2, -0.15) is 0 Å². The number of carbonyl (C=O) groups excluding carboxylic acids is 1. The molecule has 19 heavy (non-hydrogen) atoms. The van der Waals surface area contributed by atoms with Gasteiger partial charge >= 0.3 is 0 Å². The Morgan fingerprint density at radius 1 is 1.21 bits per heavy atom. The van der Waals surface area contributed by atoms with Gasteiger partial charge in [0, 0.05) is 11.6 Å². The molecule has 2 N–H and O–H groups in total. The van der Waals surface area contributed by atoms with Crippen LogP contribution in [0.3, 0.4) is 0 Å². The minimum Gasteiger partial charge on any atom is -0.333 e. The van der Waals surface area contributed by atoms with Gasteiger partial charge in [0.1, 0.15) is 6.17 Å². The van der Waals surface area contributed by atoms with Gasteiger partial charge in [-0.1, -0.05) is 53.0 Å². The first-order chi connectivity index (χ1) is 8.71. The molecule has 0 radical (unpaired) electrons. The molecule has 0 fully saturated rings. The van der Waals surface area contributed by atoms with Crippen molar-refractivity contribution in [3.8, 4) is 0 Å². The Morgan fingerprint density at radius 2 is 1.79 bits per heavy atom. The molecule has 0 bridgehead atoms. The average Bonchev–Trinajstić information content (AvgIpc) is 2.26. The molecule has 3 nitrogen and oxygen atoms in total. The summed E-state index contributed by atoms with van der Waals surface area (Å²) >= 11 is 17.6. The number of halogens is 3. The molecular weight excluding hydrogens is 307 g/mol. The van der Waals surface area contributed by atoms with E-state index in [0.717, 1.165) is 5.56 Å². The second-order valence-corrected chi connectivity index (χ2v) is 6.95. The first-order valence-electron chi connectivity index (χ1n) is 5.91. The van der Waals surface area contributed by atoms with Crippen LogP contribution in [0.1, 0.15) is 29.8 Å². The van der Waals surface area contributed by atoms with Gasteiger partial charge in [-0.25, -0.2) is 0 Å². The zero-order valence-corrected chi connectivity index (χ0v) is 13.3. The predicted octanol–water partition coefficient (Wildman–Crippen LogP) is 3.42. The van der Waals surface area contributed by atoms with Crippen LogP contribution >= 0.6 is 34.8 Å². The Balaban J connectivity index is 2.86. The van der Waals surface area contributed by atoms with Crippen LogP contribution < -0.4 is 10.6 Å². The van der Waals surface area contributed by atoms with Gasteiger partial charge in [-0.3, -0.25) is 10.1 Å². The molecule has 0 aliphatic heterocycles. The van der Waals surface area contributed by atoms with Crippen LogP contribution in [0.15, 0.2) is 24.3 Å². The van der Waals surface area contributed by atoms with E-state index < -0.39 is 9.96 Å². The predicted molar refractivity (Wildman–Crippen MR) is 81.0 cm³/mol. The first-order valence-corrected chi connectivity index (χ1v) is 7.04. The fraction of sp³-hybridized carbons (Fsp3) is 0.462. The van der Waals surface area contributed by atoms with Crippen LogP contribution in [0.5, 0.6) is 0 Å². The van der Waals surface area contributed by atoms with E-state index in [-0.39, 0.29) is 11.9 Å². The summed E-state index contributed by atoms with van der Waals surface area (Å²) in [4.78, 5) is 12.2. The second kappa shape index (κ2) is 6.80. The van der Waals surface area contributed by atoms with Crippen molar-refractivity contribution in [3.63, 3.8) is 0 Å². The summed E-state index contributed by atoms with van der Waals surface area (Å²) in [5, 5.41) is 5.71. The number of carbonyl (C=O) groups is 1. The van der Waals surface area contributed by atoms with E-state index in [2.05, 4.69) is 10.6 Å². The number of benzene rings is 1. The molecule has 0 saturated carbocycles. The van der Waals surface area contributed by atoms with E-state index in [0.29, 0.717) is 5.56 Å². The summed E-state index contributed by atoms with van der Waals surface area (Å²) in [6, 6.07) is 7.32. The summed E-state index contributed by atoms with van der Waals surface area (Å²) < 4.78 is -1.62. The number of hydrogen-bond donors (Lipinski definition) is 2. The van der Waals surface area contributed by atoms with E-state index in [1.807, 2.05) is 32.9 Å². The van der Waals surface area contributed by atoms with Gasteiger partial charge < -0.3 is 5.32 Å². The molecule has 0 spiro atoms. The van der Waals surface area contributed by atoms with E-state index in [1.54, 1.807) is 12.1 Å². The molecule has 1 aromatic carbocycles. The maximum Gasteiger partial charge on any atom is 0.252 e. The molecule has 1 amide bonds. The molecule has 106 valence electrons. The summed E-state index contributed by atoms with van der Waals surface area (Å²) in [6.45, 7) is 5.67. The Kier molecular flexibility index (Phi) is 5.93. The third-order valence-electron chi connectivity index (χ3n) is 2.49. The van der Waals surface area contributed by atoms with Crippen molar-refractivity contribution in [2.24, 2.45) is 0 Å². The normalized spacial score (nSPS) is 13.4. The number of aryl methyl sites for hydroxylation is 1. The number of alkyl halides is 3. The lowest BCUT2D eigenvalue weighted by atomic mass is 10.1. The molecule has 6 heteroatoms. The van der Waals surface area contributed by atoms with Crippen LogP contribution in [0, 0.1) is 6.92 Å². The van der Waals surface area contributed by atoms with Crippen molar-refractivity contribution in [3.05, 3.63) is 35.4 Å². The van der Waals surface area contributed by atoms with Gasteiger partial charge in [0.25, 0.3) is 5.91 Å². The SMILES string of the molecule is Cc1ccccc1C(=O)NC(NC(C)C)C(Cl)(Cl)Cl. The van der Waals surface area contributed by atoms with Gasteiger partial charge in [-0.05, 0) is 32.4 Å². The Labute approximate surface area is 128 Å². The van der Waals surface area contributed by atoms with Gasteiger partial charge in [-0.15, -0.1) is 0 Å². The van der Waals surface area contributed by atoms with Crippen LogP contribution in [0.2, 0.25) is 0 Å². The third-order valence-corrected chi connectivity index (χ3v) is 3.15. The molecule has 0 heterocycles. The molecule has 1 unspecified atom stereocenters. The minimum absolute atomic E-state index is 0.0674. The van der Waals surface area contributed by atoms with Crippen LogP contribution in [0.4, 0.5) is 0 Å². The maximum absolute atomic E-state index is 12.2. The maximum atomic E-state index is 12.2. The highest BCUT2D eigenvalue weighted by Crippen LogP contribution is 2.29. The molecule has 0 saturated heterocycles. The molecule has 0 aromatic heterocycles. The summed E-state index contributed by atoms with van der Waals surface area (Å²) in [5.41, 5.74) is 1.43. The highest BCUT2D eigenvalue weighted by atomic mass is 35.6. The van der Waals surface area contributed by atoms with E-state index in [4.69, 9.17) is 34.8 Å². The smallest absolute Gasteiger partial charge is 0.252 e. The van der Waals surface area contributed by atoms with Crippen molar-refractivity contribution in [2.45, 2.75) is 36.8 Å². The molecule has 1 rings (SSSR count). The van der Waals surface area contributed by atoms with Crippen LogP contribution in [-0.2, 0) is 0 Å². The topological polar surface area (TPSA) is 41.1 Å². The number of hydrogen-bond acceptors (Lipinski definition) is 2. The third kappa shape index (κ3) is 5.19. The zero-order valence-electron chi connectivity index (χ0n) is 11.0. The van der Waals surface area contributed by atoms with Crippen molar-refractivity contribution < 1.29 is 4.79 Å². The number of rotatable bonds is 4. The Hall–Kier alpha value is -0.480. The van der Waals surface area contributed by atoms with Gasteiger partial charge in [0.15, 0.2) is 0 Å². The molecule has 1 atom stereocenters. The van der Waals surface area contributed by atoms with E-state index in [9.17, 15) is 4.79 Å². The second-order valence-electron chi connectivity index (χ2n) is 4.58. The quantitative estimate of drug-likeness (QED) is 0.658. The van der Waals surface area contributed by atoms with E-state index >= 15 is 0 Å². The molecule has 0 aliphatic carbocycles. The average molecular weight is 324 g/mol. The molecule has 1 aromatic rings. The molecular formula is C13H17Cl3N2O. The standard InChI is InChI=1S/C13H17Cl3N2O/c1-8(2)17-12(13(14,15)16)18-11(19)10-7-5-4-6-9(10)3/h4-8,12,17H,1-3H3,(H,18,19). The number of nitrogens with one attached hydrogen (secondary N) is 2. The molecule has 0 aliphatic rings. The van der Waals surface area contributed by atoms with Gasteiger partial charge in [0.05, 0.1) is 0 Å². The first kappa shape index (κ1) is 16.6. The van der Waals surface area contributed by atoms with Crippen molar-refractivity contribution >= 4 is 40.7 Å². The van der Waals surface area contributed by atoms with E-state index in [1.165, 1.54) is 0 Å². The number of amides is 1. The Bertz CT molecular complexity index is 444. The van der Waals surface area contributed by atoms with Crippen molar-refractivity contribution in [2.75, 3.05) is 0 Å². The van der Waals surface area contributed by atoms with Crippen molar-refractivity contribution in [1.82, 2.24) is 10.6 Å². The lowest BCUT2D eigenvalue weighted by molar-refractivity contribution is 0.0927. The fourth-order valence-corrected chi connectivity index (χ4v) is 1.94. The van der Waals surface area contributed by atoms with Crippen molar-refractivity contribution in [1.29, 1.82) is 0 Å². The summed E-state index contributed by atoms with van der Waals surface area (Å²) in [7, 11) is 0. The highest BCUT2D eigenvalue weighted by Gasteiger charge is 2.34. The van der Waals surface area contributed by atoms with Crippen LogP contribution in [0.25, 0.3) is 0 Å². The monoisotopic (exact) mass is 322 g/mol. The van der Waals surface area contributed by atoms with Gasteiger partial charge in [0.2, 0.25) is 3.79 Å². The summed E-state index contributed by atoms with van der Waals surface area (Å²) in [5.74, 6) is -0.275. The highest BCUT2D eigenvalue weighted by molar-refractivity contribution is 6.68.